The first-order valence-electron chi connectivity index (χ1n) is 11.0. The van der Waals surface area contributed by atoms with Gasteiger partial charge < -0.3 is 15.0 Å². The predicted octanol–water partition coefficient (Wildman–Crippen LogP) is 2.28. The Morgan fingerprint density at radius 1 is 1.07 bits per heavy atom. The highest BCUT2D eigenvalue weighted by atomic mass is 16.5. The van der Waals surface area contributed by atoms with E-state index in [2.05, 4.69) is 24.1 Å². The van der Waals surface area contributed by atoms with Gasteiger partial charge in [-0.3, -0.25) is 14.5 Å². The van der Waals surface area contributed by atoms with Crippen LogP contribution in [0.2, 0.25) is 0 Å². The maximum Gasteiger partial charge on any atom is 0.222 e. The van der Waals surface area contributed by atoms with Gasteiger partial charge in [-0.15, -0.1) is 0 Å². The Hall–Kier alpha value is -1.14. The van der Waals surface area contributed by atoms with Crippen molar-refractivity contribution >= 4 is 11.8 Å². The highest BCUT2D eigenvalue weighted by Gasteiger charge is 2.31. The zero-order valence-corrected chi connectivity index (χ0v) is 17.4. The second kappa shape index (κ2) is 12.3. The monoisotopic (exact) mass is 381 g/mol. The van der Waals surface area contributed by atoms with Crippen molar-refractivity contribution in [3.63, 3.8) is 0 Å². The third-order valence-electron chi connectivity index (χ3n) is 6.06. The fraction of sp³-hybridized carbons (Fsp3) is 0.905. The number of likely N-dealkylation sites (tertiary alicyclic amines) is 1. The Morgan fingerprint density at radius 3 is 2.56 bits per heavy atom. The van der Waals surface area contributed by atoms with Crippen molar-refractivity contribution in [1.82, 2.24) is 15.1 Å². The van der Waals surface area contributed by atoms with E-state index in [0.717, 1.165) is 78.0 Å². The number of morpholine rings is 1. The van der Waals surface area contributed by atoms with Crippen molar-refractivity contribution in [3.8, 4) is 0 Å². The van der Waals surface area contributed by atoms with Crippen molar-refractivity contribution in [1.29, 1.82) is 0 Å². The number of carbonyl (C=O) groups is 2. The number of ether oxygens (including phenoxy) is 1. The van der Waals surface area contributed by atoms with Gasteiger partial charge in [0.1, 0.15) is 0 Å². The van der Waals surface area contributed by atoms with Gasteiger partial charge in [0, 0.05) is 52.1 Å². The van der Waals surface area contributed by atoms with Gasteiger partial charge in [0.25, 0.3) is 0 Å². The van der Waals surface area contributed by atoms with Gasteiger partial charge in [-0.05, 0) is 24.7 Å². The van der Waals surface area contributed by atoms with Crippen LogP contribution in [0.15, 0.2) is 0 Å². The summed E-state index contributed by atoms with van der Waals surface area (Å²) in [6.07, 6.45) is 6.53. The van der Waals surface area contributed by atoms with E-state index in [1.54, 1.807) is 0 Å². The number of hydrogen-bond donors (Lipinski definition) is 1. The molecule has 2 heterocycles. The largest absolute Gasteiger partial charge is 0.379 e. The normalized spacial score (nSPS) is 24.0. The van der Waals surface area contributed by atoms with Crippen LogP contribution in [0.3, 0.4) is 0 Å². The second-order valence-electron chi connectivity index (χ2n) is 8.02. The second-order valence-corrected chi connectivity index (χ2v) is 8.02. The molecule has 2 atom stereocenters. The van der Waals surface area contributed by atoms with Gasteiger partial charge in [-0.25, -0.2) is 0 Å². The fourth-order valence-corrected chi connectivity index (χ4v) is 4.21. The Bertz CT molecular complexity index is 452. The third-order valence-corrected chi connectivity index (χ3v) is 6.06. The Morgan fingerprint density at radius 2 is 1.85 bits per heavy atom. The summed E-state index contributed by atoms with van der Waals surface area (Å²) in [7, 11) is 0. The zero-order chi connectivity index (χ0) is 19.5. The van der Waals surface area contributed by atoms with Crippen LogP contribution in [-0.4, -0.2) is 74.1 Å². The minimum Gasteiger partial charge on any atom is -0.379 e. The van der Waals surface area contributed by atoms with Gasteiger partial charge in [-0.2, -0.15) is 0 Å². The number of carbonyl (C=O) groups excluding carboxylic acids is 2. The molecule has 27 heavy (non-hydrogen) atoms. The summed E-state index contributed by atoms with van der Waals surface area (Å²) in [4.78, 5) is 29.1. The molecule has 2 aliphatic rings. The molecule has 0 bridgehead atoms. The van der Waals surface area contributed by atoms with Crippen LogP contribution in [-0.2, 0) is 14.3 Å². The highest BCUT2D eigenvalue weighted by Crippen LogP contribution is 2.29. The van der Waals surface area contributed by atoms with Crippen molar-refractivity contribution < 1.29 is 14.3 Å². The summed E-state index contributed by atoms with van der Waals surface area (Å²) in [6, 6.07) is 0. The van der Waals surface area contributed by atoms with Gasteiger partial charge in [-0.1, -0.05) is 33.1 Å². The molecule has 2 fully saturated rings. The summed E-state index contributed by atoms with van der Waals surface area (Å²) in [5.74, 6) is 1.31. The van der Waals surface area contributed by atoms with Crippen LogP contribution in [0, 0.1) is 11.8 Å². The quantitative estimate of drug-likeness (QED) is 0.590. The molecule has 6 heteroatoms. The maximum absolute atomic E-state index is 12.4. The van der Waals surface area contributed by atoms with E-state index >= 15 is 0 Å². The molecule has 0 saturated carbocycles. The van der Waals surface area contributed by atoms with Crippen LogP contribution in [0.4, 0.5) is 0 Å². The Labute approximate surface area is 165 Å². The first-order chi connectivity index (χ1) is 13.1. The molecule has 0 spiro atoms. The number of piperidine rings is 1. The number of hydrogen-bond acceptors (Lipinski definition) is 4. The van der Waals surface area contributed by atoms with Gasteiger partial charge >= 0.3 is 0 Å². The molecule has 156 valence electrons. The molecule has 6 nitrogen and oxygen atoms in total. The van der Waals surface area contributed by atoms with E-state index in [1.165, 1.54) is 0 Å². The topological polar surface area (TPSA) is 61.9 Å². The van der Waals surface area contributed by atoms with Crippen molar-refractivity contribution in [2.24, 2.45) is 11.8 Å². The third kappa shape index (κ3) is 7.78. The first-order valence-corrected chi connectivity index (χ1v) is 11.0. The lowest BCUT2D eigenvalue weighted by atomic mass is 9.81. The lowest BCUT2D eigenvalue weighted by Gasteiger charge is -2.38. The lowest BCUT2D eigenvalue weighted by molar-refractivity contribution is -0.134. The highest BCUT2D eigenvalue weighted by molar-refractivity contribution is 5.77. The SMILES string of the molecule is CCCCCC(=O)N1CCC(CC(=O)NCCN2CCOCC2)C(CC)C1. The molecule has 2 rings (SSSR count). The lowest BCUT2D eigenvalue weighted by Crippen LogP contribution is -2.45. The van der Waals surface area contributed by atoms with E-state index < -0.39 is 0 Å². The molecule has 0 aromatic carbocycles. The minimum absolute atomic E-state index is 0.162. The number of amides is 2. The van der Waals surface area contributed by atoms with Crippen LogP contribution in [0.5, 0.6) is 0 Å². The van der Waals surface area contributed by atoms with Gasteiger partial charge in [0.2, 0.25) is 11.8 Å². The van der Waals surface area contributed by atoms with Crippen LogP contribution < -0.4 is 5.32 Å². The van der Waals surface area contributed by atoms with Gasteiger partial charge in [0.15, 0.2) is 0 Å². The predicted molar refractivity (Wildman–Crippen MR) is 107 cm³/mol. The number of nitrogens with zero attached hydrogens (tertiary/aromatic N) is 2. The van der Waals surface area contributed by atoms with Crippen LogP contribution in [0.25, 0.3) is 0 Å². The summed E-state index contributed by atoms with van der Waals surface area (Å²) in [6.45, 7) is 11.1. The fourth-order valence-electron chi connectivity index (χ4n) is 4.21. The van der Waals surface area contributed by atoms with E-state index in [9.17, 15) is 9.59 Å². The molecule has 0 aromatic heterocycles. The van der Waals surface area contributed by atoms with E-state index in [-0.39, 0.29) is 5.91 Å². The summed E-state index contributed by atoms with van der Waals surface area (Å²) in [5, 5.41) is 3.09. The maximum atomic E-state index is 12.4. The number of unbranched alkanes of at least 4 members (excludes halogenated alkanes) is 2. The average Bonchev–Trinajstić information content (AvgIpc) is 2.69. The van der Waals surface area contributed by atoms with E-state index in [0.29, 0.717) is 37.1 Å². The first kappa shape index (κ1) is 22.2. The number of nitrogens with one attached hydrogen (secondary N) is 1. The summed E-state index contributed by atoms with van der Waals surface area (Å²) >= 11 is 0. The van der Waals surface area contributed by atoms with Crippen LogP contribution >= 0.6 is 0 Å². The van der Waals surface area contributed by atoms with Gasteiger partial charge in [0.05, 0.1) is 13.2 Å². The van der Waals surface area contributed by atoms with Crippen LogP contribution in [0.1, 0.15) is 58.8 Å². The zero-order valence-electron chi connectivity index (χ0n) is 17.4. The molecular weight excluding hydrogens is 342 g/mol. The standard InChI is InChI=1S/C21H39N3O3/c1-3-5-6-7-21(26)24-10-8-19(18(4-2)17-24)16-20(25)22-9-11-23-12-14-27-15-13-23/h18-19H,3-17H2,1-2H3,(H,22,25). The summed E-state index contributed by atoms with van der Waals surface area (Å²) in [5.41, 5.74) is 0. The molecule has 2 aliphatic heterocycles. The summed E-state index contributed by atoms with van der Waals surface area (Å²) < 4.78 is 5.35. The molecule has 2 unspecified atom stereocenters. The minimum atomic E-state index is 0.162. The molecule has 0 radical (unpaired) electrons. The van der Waals surface area contributed by atoms with Crippen molar-refractivity contribution in [3.05, 3.63) is 0 Å². The molecule has 2 amide bonds. The van der Waals surface area contributed by atoms with E-state index in [1.807, 2.05) is 4.90 Å². The number of rotatable bonds is 10. The Kier molecular flexibility index (Phi) is 10.1. The molecule has 0 aliphatic carbocycles. The smallest absolute Gasteiger partial charge is 0.222 e. The average molecular weight is 382 g/mol. The molecular formula is C21H39N3O3. The Balaban J connectivity index is 1.68. The van der Waals surface area contributed by atoms with Crippen molar-refractivity contribution in [2.75, 3.05) is 52.5 Å². The van der Waals surface area contributed by atoms with E-state index in [4.69, 9.17) is 4.74 Å². The molecule has 0 aromatic rings. The molecule has 2 saturated heterocycles. The van der Waals surface area contributed by atoms with Crippen molar-refractivity contribution in [2.45, 2.75) is 58.8 Å². The molecule has 1 N–H and O–H groups in total.